The minimum absolute atomic E-state index is 0.133. The lowest BCUT2D eigenvalue weighted by atomic mass is 10.2. The molecule has 0 fully saturated rings. The highest BCUT2D eigenvalue weighted by molar-refractivity contribution is 6.35. The van der Waals surface area contributed by atoms with Gasteiger partial charge in [0, 0.05) is 17.1 Å². The molecule has 0 aromatic heterocycles. The number of benzene rings is 1. The second-order valence-corrected chi connectivity index (χ2v) is 4.64. The Balaban J connectivity index is 2.93. The van der Waals surface area contributed by atoms with Crippen molar-refractivity contribution < 1.29 is 4.74 Å². The van der Waals surface area contributed by atoms with E-state index in [0.717, 1.165) is 18.4 Å². The smallest absolute Gasteiger partial charge is 0.142 e. The molecular formula is C12H17Cl2NO. The lowest BCUT2D eigenvalue weighted by Gasteiger charge is -2.18. The Labute approximate surface area is 107 Å². The van der Waals surface area contributed by atoms with E-state index in [0.29, 0.717) is 22.3 Å². The normalized spacial score (nSPS) is 12.6. The van der Waals surface area contributed by atoms with Crippen LogP contribution in [0, 0.1) is 0 Å². The van der Waals surface area contributed by atoms with E-state index in [4.69, 9.17) is 33.7 Å². The Bertz CT molecular complexity index is 355. The maximum absolute atomic E-state index is 6.09. The molecule has 2 N–H and O–H groups in total. The third kappa shape index (κ3) is 3.55. The van der Waals surface area contributed by atoms with E-state index in [-0.39, 0.29) is 6.10 Å². The van der Waals surface area contributed by atoms with Crippen molar-refractivity contribution in [3.63, 3.8) is 0 Å². The van der Waals surface area contributed by atoms with Crippen molar-refractivity contribution in [3.05, 3.63) is 27.7 Å². The van der Waals surface area contributed by atoms with E-state index in [1.807, 2.05) is 6.92 Å². The first-order valence-corrected chi connectivity index (χ1v) is 6.18. The number of nitrogens with two attached hydrogens (primary N) is 1. The number of hydrogen-bond donors (Lipinski definition) is 1. The highest BCUT2D eigenvalue weighted by atomic mass is 35.5. The van der Waals surface area contributed by atoms with E-state index in [9.17, 15) is 0 Å². The Morgan fingerprint density at radius 1 is 1.38 bits per heavy atom. The largest absolute Gasteiger partial charge is 0.489 e. The van der Waals surface area contributed by atoms with Gasteiger partial charge < -0.3 is 10.5 Å². The molecule has 1 aromatic rings. The van der Waals surface area contributed by atoms with Gasteiger partial charge in [0.15, 0.2) is 0 Å². The second kappa shape index (κ2) is 6.33. The molecule has 0 aliphatic rings. The van der Waals surface area contributed by atoms with Gasteiger partial charge in [0.2, 0.25) is 0 Å². The highest BCUT2D eigenvalue weighted by Gasteiger charge is 2.12. The van der Waals surface area contributed by atoms with Crippen LogP contribution in [0.3, 0.4) is 0 Å². The van der Waals surface area contributed by atoms with Gasteiger partial charge in [-0.3, -0.25) is 0 Å². The van der Waals surface area contributed by atoms with Crippen molar-refractivity contribution in [2.24, 2.45) is 5.73 Å². The zero-order chi connectivity index (χ0) is 12.1. The summed E-state index contributed by atoms with van der Waals surface area (Å²) in [7, 11) is 0. The summed E-state index contributed by atoms with van der Waals surface area (Å²) in [6.07, 6.45) is 2.20. The predicted octanol–water partition coefficient (Wildman–Crippen LogP) is 4.02. The molecule has 2 nitrogen and oxygen atoms in total. The fraction of sp³-hybridized carbons (Fsp3) is 0.500. The maximum Gasteiger partial charge on any atom is 0.142 e. The van der Waals surface area contributed by atoms with E-state index >= 15 is 0 Å². The summed E-state index contributed by atoms with van der Waals surface area (Å²) in [5.41, 5.74) is 6.49. The summed E-state index contributed by atoms with van der Waals surface area (Å²) < 4.78 is 5.79. The molecule has 0 saturated carbocycles. The molecule has 0 radical (unpaired) electrons. The maximum atomic E-state index is 6.09. The van der Waals surface area contributed by atoms with Crippen LogP contribution in [0.4, 0.5) is 0 Å². The molecule has 1 rings (SSSR count). The van der Waals surface area contributed by atoms with Gasteiger partial charge in [-0.2, -0.15) is 0 Å². The molecule has 1 unspecified atom stereocenters. The first-order valence-electron chi connectivity index (χ1n) is 5.43. The summed E-state index contributed by atoms with van der Waals surface area (Å²) in [6, 6.07) is 3.47. The average molecular weight is 262 g/mol. The minimum atomic E-state index is 0.133. The van der Waals surface area contributed by atoms with Crippen molar-refractivity contribution in [3.8, 4) is 5.75 Å². The quantitative estimate of drug-likeness (QED) is 0.869. The van der Waals surface area contributed by atoms with Gasteiger partial charge in [-0.05, 0) is 25.5 Å². The van der Waals surface area contributed by atoms with Crippen molar-refractivity contribution in [1.29, 1.82) is 0 Å². The van der Waals surface area contributed by atoms with Crippen LogP contribution in [0.25, 0.3) is 0 Å². The monoisotopic (exact) mass is 261 g/mol. The summed E-state index contributed by atoms with van der Waals surface area (Å²) in [4.78, 5) is 0. The van der Waals surface area contributed by atoms with Gasteiger partial charge in [-0.25, -0.2) is 0 Å². The Hall–Kier alpha value is -0.440. The van der Waals surface area contributed by atoms with Crippen molar-refractivity contribution >= 4 is 23.2 Å². The van der Waals surface area contributed by atoms with Crippen LogP contribution in [-0.4, -0.2) is 6.10 Å². The number of rotatable bonds is 5. The van der Waals surface area contributed by atoms with Crippen LogP contribution in [0.1, 0.15) is 32.3 Å². The van der Waals surface area contributed by atoms with Crippen LogP contribution < -0.4 is 10.5 Å². The van der Waals surface area contributed by atoms with Crippen molar-refractivity contribution in [2.75, 3.05) is 0 Å². The van der Waals surface area contributed by atoms with E-state index in [1.165, 1.54) is 0 Å². The Kier molecular flexibility index (Phi) is 5.39. The second-order valence-electron chi connectivity index (χ2n) is 3.80. The van der Waals surface area contributed by atoms with Crippen LogP contribution in [0.2, 0.25) is 10.0 Å². The van der Waals surface area contributed by atoms with Gasteiger partial charge in [-0.1, -0.05) is 36.5 Å². The van der Waals surface area contributed by atoms with Gasteiger partial charge >= 0.3 is 0 Å². The van der Waals surface area contributed by atoms with Gasteiger partial charge in [-0.15, -0.1) is 0 Å². The summed E-state index contributed by atoms with van der Waals surface area (Å²) in [5, 5.41) is 1.11. The third-order valence-electron chi connectivity index (χ3n) is 2.32. The predicted molar refractivity (Wildman–Crippen MR) is 69.4 cm³/mol. The molecule has 1 aromatic carbocycles. The third-order valence-corrected chi connectivity index (χ3v) is 2.82. The standard InChI is InChI=1S/C12H17Cl2NO/c1-3-4-8(2)16-12-9(7-15)5-10(13)6-11(12)14/h5-6,8H,3-4,7,15H2,1-2H3. The molecule has 0 heterocycles. The van der Waals surface area contributed by atoms with E-state index in [2.05, 4.69) is 6.92 Å². The van der Waals surface area contributed by atoms with E-state index < -0.39 is 0 Å². The summed E-state index contributed by atoms with van der Waals surface area (Å²) >= 11 is 12.0. The lowest BCUT2D eigenvalue weighted by molar-refractivity contribution is 0.208. The number of hydrogen-bond acceptors (Lipinski definition) is 2. The molecule has 0 bridgehead atoms. The van der Waals surface area contributed by atoms with Gasteiger partial charge in [0.25, 0.3) is 0 Å². The molecule has 4 heteroatoms. The number of ether oxygens (including phenoxy) is 1. The van der Waals surface area contributed by atoms with Crippen LogP contribution >= 0.6 is 23.2 Å². The van der Waals surface area contributed by atoms with Crippen LogP contribution in [0.15, 0.2) is 12.1 Å². The molecule has 0 saturated heterocycles. The Morgan fingerprint density at radius 3 is 2.62 bits per heavy atom. The molecule has 90 valence electrons. The average Bonchev–Trinajstić information content (AvgIpc) is 2.22. The zero-order valence-corrected chi connectivity index (χ0v) is 11.1. The van der Waals surface area contributed by atoms with E-state index in [1.54, 1.807) is 12.1 Å². The van der Waals surface area contributed by atoms with Crippen molar-refractivity contribution in [2.45, 2.75) is 39.3 Å². The molecule has 16 heavy (non-hydrogen) atoms. The molecule has 0 amide bonds. The molecule has 1 atom stereocenters. The van der Waals surface area contributed by atoms with Gasteiger partial charge in [0.05, 0.1) is 11.1 Å². The molecule has 0 aliphatic carbocycles. The van der Waals surface area contributed by atoms with Gasteiger partial charge in [0.1, 0.15) is 5.75 Å². The highest BCUT2D eigenvalue weighted by Crippen LogP contribution is 2.33. The first kappa shape index (κ1) is 13.6. The van der Waals surface area contributed by atoms with Crippen molar-refractivity contribution in [1.82, 2.24) is 0 Å². The minimum Gasteiger partial charge on any atom is -0.489 e. The Morgan fingerprint density at radius 2 is 2.06 bits per heavy atom. The first-order chi connectivity index (χ1) is 7.58. The summed E-state index contributed by atoms with van der Waals surface area (Å²) in [5.74, 6) is 0.662. The van der Waals surface area contributed by atoms with Crippen LogP contribution in [0.5, 0.6) is 5.75 Å². The number of halogens is 2. The fourth-order valence-electron chi connectivity index (χ4n) is 1.56. The topological polar surface area (TPSA) is 35.2 Å². The molecule has 0 aliphatic heterocycles. The molecular weight excluding hydrogens is 245 g/mol. The SMILES string of the molecule is CCCC(C)Oc1c(Cl)cc(Cl)cc1CN. The fourth-order valence-corrected chi connectivity index (χ4v) is 2.14. The summed E-state index contributed by atoms with van der Waals surface area (Å²) in [6.45, 7) is 4.51. The zero-order valence-electron chi connectivity index (χ0n) is 9.59. The lowest BCUT2D eigenvalue weighted by Crippen LogP contribution is -2.13. The molecule has 0 spiro atoms. The van der Waals surface area contributed by atoms with Crippen LogP contribution in [-0.2, 0) is 6.54 Å².